The summed E-state index contributed by atoms with van der Waals surface area (Å²) in [6.45, 7) is 3.87. The molecule has 3 heteroatoms. The van der Waals surface area contributed by atoms with Gasteiger partial charge in [-0.05, 0) is 25.5 Å². The van der Waals surface area contributed by atoms with Crippen LogP contribution in [0.25, 0.3) is 11.1 Å². The van der Waals surface area contributed by atoms with Gasteiger partial charge in [-0.1, -0.05) is 42.5 Å². The third-order valence-electron chi connectivity index (χ3n) is 2.86. The second kappa shape index (κ2) is 6.24. The fourth-order valence-corrected chi connectivity index (χ4v) is 2.02. The van der Waals surface area contributed by atoms with Crippen LogP contribution in [0.5, 0.6) is 5.75 Å². The average molecular weight is 270 g/mol. The van der Waals surface area contributed by atoms with Crippen LogP contribution in [-0.4, -0.2) is 19.2 Å². The molecule has 0 aliphatic rings. The normalized spacial score (nSPS) is 10.4. The molecule has 0 bridgehead atoms. The van der Waals surface area contributed by atoms with E-state index in [0.29, 0.717) is 11.3 Å². The van der Waals surface area contributed by atoms with E-state index in [-0.39, 0.29) is 6.10 Å². The summed E-state index contributed by atoms with van der Waals surface area (Å²) in [7, 11) is 1.37. The van der Waals surface area contributed by atoms with Crippen molar-refractivity contribution in [3.8, 4) is 16.9 Å². The molecule has 0 unspecified atom stereocenters. The van der Waals surface area contributed by atoms with Gasteiger partial charge in [-0.2, -0.15) is 0 Å². The van der Waals surface area contributed by atoms with E-state index < -0.39 is 5.97 Å². The Bertz CT molecular complexity index is 588. The van der Waals surface area contributed by atoms with Crippen molar-refractivity contribution in [3.63, 3.8) is 0 Å². The van der Waals surface area contributed by atoms with E-state index in [1.165, 1.54) is 7.11 Å². The van der Waals surface area contributed by atoms with Gasteiger partial charge in [0.05, 0.1) is 13.2 Å². The number of rotatable bonds is 4. The van der Waals surface area contributed by atoms with Crippen molar-refractivity contribution in [1.29, 1.82) is 0 Å². The molecule has 0 N–H and O–H groups in total. The van der Waals surface area contributed by atoms with Crippen LogP contribution in [0.15, 0.2) is 48.5 Å². The Balaban J connectivity index is 2.59. The molecule has 0 aliphatic heterocycles. The fourth-order valence-electron chi connectivity index (χ4n) is 2.02. The maximum absolute atomic E-state index is 11.9. The van der Waals surface area contributed by atoms with Gasteiger partial charge < -0.3 is 9.47 Å². The molecular weight excluding hydrogens is 252 g/mol. The standard InChI is InChI=1S/C17H18O3/c1-12(2)20-16-14(13-8-5-4-6-9-13)10-7-11-15(16)17(18)19-3/h4-12H,1-3H3. The minimum atomic E-state index is -0.390. The van der Waals surface area contributed by atoms with Crippen molar-refractivity contribution in [2.24, 2.45) is 0 Å². The molecule has 20 heavy (non-hydrogen) atoms. The van der Waals surface area contributed by atoms with Crippen LogP contribution >= 0.6 is 0 Å². The van der Waals surface area contributed by atoms with Gasteiger partial charge in [0.2, 0.25) is 0 Å². The molecule has 0 amide bonds. The van der Waals surface area contributed by atoms with E-state index in [0.717, 1.165) is 11.1 Å². The molecule has 2 aromatic carbocycles. The van der Waals surface area contributed by atoms with Gasteiger partial charge in [0.15, 0.2) is 0 Å². The van der Waals surface area contributed by atoms with Crippen LogP contribution < -0.4 is 4.74 Å². The molecule has 0 heterocycles. The third kappa shape index (κ3) is 2.99. The minimum absolute atomic E-state index is 0.0248. The topological polar surface area (TPSA) is 35.5 Å². The summed E-state index contributed by atoms with van der Waals surface area (Å²) in [5.41, 5.74) is 2.35. The largest absolute Gasteiger partial charge is 0.489 e. The molecule has 3 nitrogen and oxygen atoms in total. The zero-order valence-electron chi connectivity index (χ0n) is 11.9. The van der Waals surface area contributed by atoms with Crippen LogP contribution in [0.2, 0.25) is 0 Å². The number of hydrogen-bond acceptors (Lipinski definition) is 3. The second-order valence-electron chi connectivity index (χ2n) is 4.71. The van der Waals surface area contributed by atoms with Gasteiger partial charge in [-0.15, -0.1) is 0 Å². The molecule has 2 rings (SSSR count). The molecule has 2 aromatic rings. The van der Waals surface area contributed by atoms with E-state index in [2.05, 4.69) is 0 Å². The lowest BCUT2D eigenvalue weighted by Gasteiger charge is -2.17. The smallest absolute Gasteiger partial charge is 0.341 e. The van der Waals surface area contributed by atoms with Crippen LogP contribution in [0, 0.1) is 0 Å². The molecule has 0 atom stereocenters. The molecule has 0 radical (unpaired) electrons. The SMILES string of the molecule is COC(=O)c1cccc(-c2ccccc2)c1OC(C)C. The molecule has 0 aromatic heterocycles. The maximum Gasteiger partial charge on any atom is 0.341 e. The first-order valence-corrected chi connectivity index (χ1v) is 6.57. The molecule has 0 aliphatic carbocycles. The predicted octanol–water partition coefficient (Wildman–Crippen LogP) is 3.93. The Morgan fingerprint density at radius 1 is 1.00 bits per heavy atom. The summed E-state index contributed by atoms with van der Waals surface area (Å²) in [6, 6.07) is 15.3. The number of carbonyl (C=O) groups is 1. The van der Waals surface area contributed by atoms with Gasteiger partial charge >= 0.3 is 5.97 Å². The summed E-state index contributed by atoms with van der Waals surface area (Å²) in [5.74, 6) is 0.180. The van der Waals surface area contributed by atoms with Crippen molar-refractivity contribution in [1.82, 2.24) is 0 Å². The highest BCUT2D eigenvalue weighted by molar-refractivity contribution is 5.95. The maximum atomic E-state index is 11.9. The summed E-state index contributed by atoms with van der Waals surface area (Å²) in [6.07, 6.45) is -0.0248. The molecule has 0 saturated carbocycles. The first-order valence-electron chi connectivity index (χ1n) is 6.57. The van der Waals surface area contributed by atoms with Crippen LogP contribution in [0.1, 0.15) is 24.2 Å². The lowest BCUT2D eigenvalue weighted by molar-refractivity contribution is 0.0594. The Morgan fingerprint density at radius 2 is 1.70 bits per heavy atom. The van der Waals surface area contributed by atoms with Gasteiger partial charge in [0.25, 0.3) is 0 Å². The van der Waals surface area contributed by atoms with E-state index in [1.54, 1.807) is 6.07 Å². The first kappa shape index (κ1) is 14.1. The quantitative estimate of drug-likeness (QED) is 0.790. The van der Waals surface area contributed by atoms with E-state index in [9.17, 15) is 4.79 Å². The summed E-state index contributed by atoms with van der Waals surface area (Å²) >= 11 is 0. The van der Waals surface area contributed by atoms with E-state index in [4.69, 9.17) is 9.47 Å². The first-order chi connectivity index (χ1) is 9.63. The zero-order valence-corrected chi connectivity index (χ0v) is 11.9. The lowest BCUT2D eigenvalue weighted by atomic mass is 10.0. The Kier molecular flexibility index (Phi) is 4.41. The van der Waals surface area contributed by atoms with Crippen molar-refractivity contribution in [3.05, 3.63) is 54.1 Å². The van der Waals surface area contributed by atoms with Crippen molar-refractivity contribution < 1.29 is 14.3 Å². The number of para-hydroxylation sites is 1. The number of benzene rings is 2. The van der Waals surface area contributed by atoms with Gasteiger partial charge in [-0.25, -0.2) is 4.79 Å². The third-order valence-corrected chi connectivity index (χ3v) is 2.86. The van der Waals surface area contributed by atoms with Crippen molar-refractivity contribution in [2.45, 2.75) is 20.0 Å². The number of hydrogen-bond donors (Lipinski definition) is 0. The number of esters is 1. The Morgan fingerprint density at radius 3 is 2.30 bits per heavy atom. The fraction of sp³-hybridized carbons (Fsp3) is 0.235. The van der Waals surface area contributed by atoms with E-state index >= 15 is 0 Å². The van der Waals surface area contributed by atoms with Crippen molar-refractivity contribution in [2.75, 3.05) is 7.11 Å². The highest BCUT2D eigenvalue weighted by atomic mass is 16.5. The number of carbonyl (C=O) groups excluding carboxylic acids is 1. The Hall–Kier alpha value is -2.29. The lowest BCUT2D eigenvalue weighted by Crippen LogP contribution is -2.12. The average Bonchev–Trinajstić information content (AvgIpc) is 2.47. The minimum Gasteiger partial charge on any atom is -0.489 e. The molecule has 0 saturated heterocycles. The van der Waals surface area contributed by atoms with Gasteiger partial charge in [0, 0.05) is 5.56 Å². The molecule has 104 valence electrons. The van der Waals surface area contributed by atoms with Gasteiger partial charge in [-0.3, -0.25) is 0 Å². The van der Waals surface area contributed by atoms with Crippen molar-refractivity contribution >= 4 is 5.97 Å². The summed E-state index contributed by atoms with van der Waals surface area (Å²) in [5, 5.41) is 0. The highest BCUT2D eigenvalue weighted by Crippen LogP contribution is 2.34. The molecule has 0 fully saturated rings. The molecular formula is C17H18O3. The zero-order chi connectivity index (χ0) is 14.5. The second-order valence-corrected chi connectivity index (χ2v) is 4.71. The van der Waals surface area contributed by atoms with Gasteiger partial charge in [0.1, 0.15) is 11.3 Å². The van der Waals surface area contributed by atoms with Crippen LogP contribution in [0.4, 0.5) is 0 Å². The monoisotopic (exact) mass is 270 g/mol. The Labute approximate surface area is 119 Å². The number of ether oxygens (including phenoxy) is 2. The number of methoxy groups -OCH3 is 1. The van der Waals surface area contributed by atoms with Crippen LogP contribution in [-0.2, 0) is 4.74 Å². The van der Waals surface area contributed by atoms with Crippen LogP contribution in [0.3, 0.4) is 0 Å². The molecule has 0 spiro atoms. The predicted molar refractivity (Wildman–Crippen MR) is 79.0 cm³/mol. The summed E-state index contributed by atoms with van der Waals surface area (Å²) in [4.78, 5) is 11.9. The highest BCUT2D eigenvalue weighted by Gasteiger charge is 2.18. The summed E-state index contributed by atoms with van der Waals surface area (Å²) < 4.78 is 10.7. The van der Waals surface area contributed by atoms with E-state index in [1.807, 2.05) is 56.3 Å².